The van der Waals surface area contributed by atoms with Crippen molar-refractivity contribution in [2.75, 3.05) is 6.54 Å². The predicted octanol–water partition coefficient (Wildman–Crippen LogP) is 0.765. The highest BCUT2D eigenvalue weighted by molar-refractivity contribution is 5.85. The number of nitrogens with two attached hydrogens (primary N) is 1. The van der Waals surface area contributed by atoms with E-state index in [4.69, 9.17) is 5.73 Å². The monoisotopic (exact) mass is 197 g/mol. The van der Waals surface area contributed by atoms with Gasteiger partial charge in [-0.25, -0.2) is 0 Å². The fourth-order valence-corrected chi connectivity index (χ4v) is 0.794. The third kappa shape index (κ3) is 3.60. The topological polar surface area (TPSA) is 43.8 Å². The molecule has 0 atom stereocenters. The zero-order valence-electron chi connectivity index (χ0n) is 6.36. The summed E-state index contributed by atoms with van der Waals surface area (Å²) >= 11 is 0. The van der Waals surface area contributed by atoms with E-state index in [9.17, 15) is 0 Å². The Labute approximate surface area is 78.8 Å². The molecule has 11 heavy (non-hydrogen) atoms. The third-order valence-corrected chi connectivity index (χ3v) is 1.32. The van der Waals surface area contributed by atoms with Gasteiger partial charge in [-0.15, -0.1) is 24.8 Å². The number of nitrogens with zero attached hydrogens (tertiary/aromatic N) is 2. The molecule has 0 bridgehead atoms. The van der Waals surface area contributed by atoms with Crippen molar-refractivity contribution >= 4 is 24.8 Å². The highest BCUT2D eigenvalue weighted by atomic mass is 35.5. The molecule has 0 aliphatic heterocycles. The van der Waals surface area contributed by atoms with Crippen molar-refractivity contribution in [1.82, 2.24) is 9.78 Å². The van der Waals surface area contributed by atoms with Crippen molar-refractivity contribution in [3.63, 3.8) is 0 Å². The Bertz CT molecular complexity index is 188. The maximum Gasteiger partial charge on any atom is 0.0492 e. The van der Waals surface area contributed by atoms with Crippen LogP contribution in [0.4, 0.5) is 0 Å². The Morgan fingerprint density at radius 3 is 2.55 bits per heavy atom. The molecule has 0 unspecified atom stereocenters. The van der Waals surface area contributed by atoms with E-state index in [1.54, 1.807) is 6.20 Å². The van der Waals surface area contributed by atoms with E-state index >= 15 is 0 Å². The first-order valence-electron chi connectivity index (χ1n) is 3.01. The fourth-order valence-electron chi connectivity index (χ4n) is 0.794. The van der Waals surface area contributed by atoms with Crippen molar-refractivity contribution in [2.45, 2.75) is 6.42 Å². The molecule has 2 N–H and O–H groups in total. The largest absolute Gasteiger partial charge is 0.330 e. The minimum absolute atomic E-state index is 0. The summed E-state index contributed by atoms with van der Waals surface area (Å²) in [7, 11) is 1.92. The van der Waals surface area contributed by atoms with Gasteiger partial charge in [0.15, 0.2) is 0 Å². The molecule has 66 valence electrons. The zero-order valence-corrected chi connectivity index (χ0v) is 7.99. The molecule has 1 heterocycles. The van der Waals surface area contributed by atoms with Gasteiger partial charge >= 0.3 is 0 Å². The van der Waals surface area contributed by atoms with Crippen LogP contribution in [0, 0.1) is 0 Å². The number of aryl methyl sites for hydroxylation is 1. The standard InChI is InChI=1S/C6H11N3.2ClH/c1-9-6(2-4-7)3-5-8-9;;/h3,5H,2,4,7H2,1H3;2*1H. The Balaban J connectivity index is 0. The number of halogens is 2. The molecule has 0 spiro atoms. The maximum atomic E-state index is 5.35. The fraction of sp³-hybridized carbons (Fsp3) is 0.500. The van der Waals surface area contributed by atoms with Crippen LogP contribution in [0.2, 0.25) is 0 Å². The summed E-state index contributed by atoms with van der Waals surface area (Å²) in [4.78, 5) is 0. The molecule has 0 fully saturated rings. The summed E-state index contributed by atoms with van der Waals surface area (Å²) in [6.45, 7) is 0.694. The lowest BCUT2D eigenvalue weighted by molar-refractivity contribution is 0.706. The molecule has 0 saturated carbocycles. The van der Waals surface area contributed by atoms with Gasteiger partial charge in [-0.2, -0.15) is 5.10 Å². The second-order valence-corrected chi connectivity index (χ2v) is 1.98. The Kier molecular flexibility index (Phi) is 7.84. The second kappa shape index (κ2) is 6.46. The summed E-state index contributed by atoms with van der Waals surface area (Å²) in [5.74, 6) is 0. The van der Waals surface area contributed by atoms with Crippen molar-refractivity contribution < 1.29 is 0 Å². The SMILES string of the molecule is Cl.Cl.Cn1nccc1CCN. The lowest BCUT2D eigenvalue weighted by Crippen LogP contribution is -2.06. The third-order valence-electron chi connectivity index (χ3n) is 1.32. The first-order valence-corrected chi connectivity index (χ1v) is 3.01. The first kappa shape index (κ1) is 13.3. The molecular formula is C6H13Cl2N3. The molecule has 0 radical (unpaired) electrons. The molecule has 0 aromatic carbocycles. The number of hydrogen-bond donors (Lipinski definition) is 1. The van der Waals surface area contributed by atoms with Crippen LogP contribution in [0.5, 0.6) is 0 Å². The van der Waals surface area contributed by atoms with Gasteiger partial charge in [-0.3, -0.25) is 4.68 Å². The summed E-state index contributed by atoms with van der Waals surface area (Å²) < 4.78 is 1.84. The van der Waals surface area contributed by atoms with Crippen molar-refractivity contribution in [2.24, 2.45) is 12.8 Å². The Morgan fingerprint density at radius 1 is 1.55 bits per heavy atom. The number of aromatic nitrogens is 2. The predicted molar refractivity (Wildman–Crippen MR) is 50.5 cm³/mol. The van der Waals surface area contributed by atoms with Crippen molar-refractivity contribution in [3.8, 4) is 0 Å². The molecule has 1 rings (SSSR count). The van der Waals surface area contributed by atoms with E-state index in [1.807, 2.05) is 17.8 Å². The van der Waals surface area contributed by atoms with Crippen LogP contribution in [0.25, 0.3) is 0 Å². The van der Waals surface area contributed by atoms with Crippen LogP contribution >= 0.6 is 24.8 Å². The van der Waals surface area contributed by atoms with Gasteiger partial charge in [0.05, 0.1) is 0 Å². The van der Waals surface area contributed by atoms with Crippen LogP contribution < -0.4 is 5.73 Å². The average molecular weight is 198 g/mol. The van der Waals surface area contributed by atoms with E-state index in [2.05, 4.69) is 5.10 Å². The van der Waals surface area contributed by atoms with Gasteiger partial charge < -0.3 is 5.73 Å². The minimum atomic E-state index is 0. The smallest absolute Gasteiger partial charge is 0.0492 e. The highest BCUT2D eigenvalue weighted by Crippen LogP contribution is 1.94. The Morgan fingerprint density at radius 2 is 2.18 bits per heavy atom. The van der Waals surface area contributed by atoms with Gasteiger partial charge in [0.2, 0.25) is 0 Å². The van der Waals surface area contributed by atoms with Crippen LogP contribution in [-0.2, 0) is 13.5 Å². The lowest BCUT2D eigenvalue weighted by Gasteiger charge is -1.96. The van der Waals surface area contributed by atoms with Gasteiger partial charge in [-0.05, 0) is 12.6 Å². The molecule has 3 nitrogen and oxygen atoms in total. The maximum absolute atomic E-state index is 5.35. The van der Waals surface area contributed by atoms with E-state index in [1.165, 1.54) is 5.69 Å². The second-order valence-electron chi connectivity index (χ2n) is 1.98. The molecule has 0 aliphatic carbocycles. The molecule has 0 saturated heterocycles. The quantitative estimate of drug-likeness (QED) is 0.762. The normalized spacial score (nSPS) is 8.18. The minimum Gasteiger partial charge on any atom is -0.330 e. The van der Waals surface area contributed by atoms with E-state index in [0.717, 1.165) is 6.42 Å². The summed E-state index contributed by atoms with van der Waals surface area (Å²) in [6, 6.07) is 1.98. The molecule has 5 heteroatoms. The van der Waals surface area contributed by atoms with Crippen molar-refractivity contribution in [1.29, 1.82) is 0 Å². The molecule has 1 aromatic heterocycles. The summed E-state index contributed by atoms with van der Waals surface area (Å²) in [5.41, 5.74) is 6.54. The molecular weight excluding hydrogens is 185 g/mol. The van der Waals surface area contributed by atoms with Crippen molar-refractivity contribution in [3.05, 3.63) is 18.0 Å². The average Bonchev–Trinajstić information content (AvgIpc) is 2.18. The summed E-state index contributed by atoms with van der Waals surface area (Å²) in [6.07, 6.45) is 2.70. The van der Waals surface area contributed by atoms with Crippen LogP contribution in [0.1, 0.15) is 5.69 Å². The highest BCUT2D eigenvalue weighted by Gasteiger charge is 1.93. The number of hydrogen-bond acceptors (Lipinski definition) is 2. The van der Waals surface area contributed by atoms with Gasteiger partial charge in [0.25, 0.3) is 0 Å². The van der Waals surface area contributed by atoms with E-state index < -0.39 is 0 Å². The molecule has 1 aromatic rings. The number of rotatable bonds is 2. The zero-order chi connectivity index (χ0) is 6.69. The summed E-state index contributed by atoms with van der Waals surface area (Å²) in [5, 5.41) is 4.00. The van der Waals surface area contributed by atoms with Crippen LogP contribution in [0.3, 0.4) is 0 Å². The van der Waals surface area contributed by atoms with Gasteiger partial charge in [0, 0.05) is 25.4 Å². The molecule has 0 amide bonds. The van der Waals surface area contributed by atoms with E-state index in [0.29, 0.717) is 6.54 Å². The van der Waals surface area contributed by atoms with Gasteiger partial charge in [0.1, 0.15) is 0 Å². The van der Waals surface area contributed by atoms with E-state index in [-0.39, 0.29) is 24.8 Å². The lowest BCUT2D eigenvalue weighted by atomic mass is 10.3. The Hall–Kier alpha value is -0.250. The van der Waals surface area contributed by atoms with Crippen LogP contribution in [-0.4, -0.2) is 16.3 Å². The van der Waals surface area contributed by atoms with Gasteiger partial charge in [-0.1, -0.05) is 0 Å². The first-order chi connectivity index (χ1) is 4.34. The molecule has 0 aliphatic rings. The van der Waals surface area contributed by atoms with Crippen LogP contribution in [0.15, 0.2) is 12.3 Å².